The highest BCUT2D eigenvalue weighted by Gasteiger charge is 2.08. The molecule has 2 radical (unpaired) electrons. The maximum Gasteiger partial charge on any atom is 0.0691 e. The predicted octanol–water partition coefficient (Wildman–Crippen LogP) is 4.06. The Kier molecular flexibility index (Phi) is 7.35. The van der Waals surface area contributed by atoms with Gasteiger partial charge in [0.25, 0.3) is 0 Å². The average Bonchev–Trinajstić information content (AvgIpc) is 2.24. The molecule has 0 aromatic carbocycles. The largest absolute Gasteiger partial charge is 0.0999 e. The summed E-state index contributed by atoms with van der Waals surface area (Å²) in [4.78, 5) is 0. The lowest BCUT2D eigenvalue weighted by Crippen LogP contribution is -2.09. The Morgan fingerprint density at radius 1 is 0.714 bits per heavy atom. The zero-order valence-corrected chi connectivity index (χ0v) is 9.80. The lowest BCUT2D eigenvalue weighted by Gasteiger charge is -2.14. The molecule has 1 rings (SSSR count). The highest BCUT2D eigenvalue weighted by Crippen LogP contribution is 2.24. The van der Waals surface area contributed by atoms with Crippen molar-refractivity contribution in [2.75, 3.05) is 0 Å². The smallest absolute Gasteiger partial charge is 0.0691 e. The summed E-state index contributed by atoms with van der Waals surface area (Å²) in [5.74, 6) is 0.887. The molecule has 0 aromatic rings. The van der Waals surface area contributed by atoms with E-state index in [9.17, 15) is 0 Å². The van der Waals surface area contributed by atoms with E-state index in [2.05, 4.69) is 21.2 Å². The van der Waals surface area contributed by atoms with Crippen molar-refractivity contribution in [2.24, 2.45) is 0 Å². The molecule has 0 spiro atoms. The summed E-state index contributed by atoms with van der Waals surface area (Å²) in [6.07, 6.45) is 14.6. The molecule has 78 valence electrons. The van der Waals surface area contributed by atoms with E-state index in [1.807, 2.05) is 0 Å². The molecule has 0 nitrogen and oxygen atoms in total. The zero-order valence-electron chi connectivity index (χ0n) is 9.80. The predicted molar refractivity (Wildman–Crippen MR) is 67.3 cm³/mol. The molecule has 0 amide bonds. The van der Waals surface area contributed by atoms with Crippen LogP contribution in [0.5, 0.6) is 0 Å². The maximum atomic E-state index is 2.43. The van der Waals surface area contributed by atoms with Crippen LogP contribution in [0.4, 0.5) is 0 Å². The quantitative estimate of drug-likeness (QED) is 0.575. The van der Waals surface area contributed by atoms with E-state index in [0.717, 1.165) is 5.82 Å². The van der Waals surface area contributed by atoms with Gasteiger partial charge in [0.2, 0.25) is 0 Å². The van der Waals surface area contributed by atoms with E-state index in [-0.39, 0.29) is 0 Å². The third-order valence-electron chi connectivity index (χ3n) is 3.36. The van der Waals surface area contributed by atoms with Crippen LogP contribution in [-0.4, -0.2) is 14.3 Å². The van der Waals surface area contributed by atoms with Crippen LogP contribution in [0.15, 0.2) is 0 Å². The molecule has 0 N–H and O–H groups in total. The lowest BCUT2D eigenvalue weighted by atomic mass is 9.34. The van der Waals surface area contributed by atoms with Crippen molar-refractivity contribution in [2.45, 2.75) is 76.8 Å². The van der Waals surface area contributed by atoms with Crippen molar-refractivity contribution < 1.29 is 0 Å². The van der Waals surface area contributed by atoms with Crippen LogP contribution < -0.4 is 0 Å². The van der Waals surface area contributed by atoms with Crippen LogP contribution in [-0.2, 0) is 0 Å². The second kappa shape index (κ2) is 8.44. The minimum Gasteiger partial charge on any atom is -0.0999 e. The van der Waals surface area contributed by atoms with Crippen LogP contribution in [0.2, 0.25) is 12.6 Å². The number of rotatable bonds is 2. The van der Waals surface area contributed by atoms with E-state index in [4.69, 9.17) is 0 Å². The monoisotopic (exact) mass is 190 g/mol. The first-order valence-electron chi connectivity index (χ1n) is 6.56. The van der Waals surface area contributed by atoms with Gasteiger partial charge in [-0.1, -0.05) is 76.8 Å². The molecule has 0 aliphatic heterocycles. The summed E-state index contributed by atoms with van der Waals surface area (Å²) >= 11 is 0. The van der Waals surface area contributed by atoms with Gasteiger partial charge in [0, 0.05) is 0 Å². The van der Waals surface area contributed by atoms with E-state index in [1.54, 1.807) is 0 Å². The molecule has 2 heteroatoms. The summed E-state index contributed by atoms with van der Waals surface area (Å²) < 4.78 is 0. The van der Waals surface area contributed by atoms with Gasteiger partial charge >= 0.3 is 0 Å². The average molecular weight is 190 g/mol. The third kappa shape index (κ3) is 5.78. The molecule has 0 atom stereocenters. The molecular formula is C12H24B2. The van der Waals surface area contributed by atoms with Gasteiger partial charge in [-0.15, -0.1) is 0 Å². The molecule has 14 heavy (non-hydrogen) atoms. The van der Waals surface area contributed by atoms with Gasteiger partial charge < -0.3 is 0 Å². The Labute approximate surface area is 91.7 Å². The summed E-state index contributed by atoms with van der Waals surface area (Å²) in [5, 5.41) is 0. The number of hydrogen-bond acceptors (Lipinski definition) is 0. The van der Waals surface area contributed by atoms with E-state index in [1.165, 1.54) is 64.2 Å². The van der Waals surface area contributed by atoms with Crippen LogP contribution in [0.3, 0.4) is 0 Å². The molecule has 0 bridgehead atoms. The fraction of sp³-hybridized carbons (Fsp3) is 1.00. The Balaban J connectivity index is 2.20. The SMILES string of the molecule is C[B][B]C1CCCCCCCCCC1. The summed E-state index contributed by atoms with van der Waals surface area (Å²) in [5.41, 5.74) is 0. The standard InChI is InChI=1S/C12H24B2/c1-13-14-12-10-8-6-4-2-3-5-7-9-11-12/h12H,2-11H2,1H3. The molecule has 1 fully saturated rings. The molecular weight excluding hydrogens is 166 g/mol. The van der Waals surface area contributed by atoms with Crippen LogP contribution in [0.1, 0.15) is 64.2 Å². The van der Waals surface area contributed by atoms with Gasteiger partial charge in [-0.2, -0.15) is 0 Å². The second-order valence-corrected chi connectivity index (χ2v) is 4.69. The highest BCUT2D eigenvalue weighted by molar-refractivity contribution is 7.00. The topological polar surface area (TPSA) is 0 Å². The lowest BCUT2D eigenvalue weighted by molar-refractivity contribution is 0.583. The summed E-state index contributed by atoms with van der Waals surface area (Å²) in [6.45, 7) is 2.16. The normalized spacial score (nSPS) is 22.4. The first-order chi connectivity index (χ1) is 6.93. The van der Waals surface area contributed by atoms with Crippen molar-refractivity contribution in [3.8, 4) is 0 Å². The fourth-order valence-corrected chi connectivity index (χ4v) is 2.48. The third-order valence-corrected chi connectivity index (χ3v) is 3.36. The Morgan fingerprint density at radius 2 is 1.14 bits per heavy atom. The first-order valence-corrected chi connectivity index (χ1v) is 6.56. The van der Waals surface area contributed by atoms with Gasteiger partial charge in [-0.3, -0.25) is 0 Å². The highest BCUT2D eigenvalue weighted by atomic mass is 14.1. The van der Waals surface area contributed by atoms with Crippen molar-refractivity contribution in [3.63, 3.8) is 0 Å². The second-order valence-electron chi connectivity index (χ2n) is 4.69. The van der Waals surface area contributed by atoms with Crippen LogP contribution in [0, 0.1) is 0 Å². The fourth-order valence-electron chi connectivity index (χ4n) is 2.48. The van der Waals surface area contributed by atoms with Crippen LogP contribution >= 0.6 is 0 Å². The molecule has 0 aromatic heterocycles. The van der Waals surface area contributed by atoms with Gasteiger partial charge in [0.15, 0.2) is 0 Å². The van der Waals surface area contributed by atoms with E-state index in [0.29, 0.717) is 0 Å². The Hall–Kier alpha value is 0.130. The van der Waals surface area contributed by atoms with Crippen LogP contribution in [0.25, 0.3) is 0 Å². The zero-order chi connectivity index (χ0) is 10.1. The first kappa shape index (κ1) is 12.2. The Bertz CT molecular complexity index is 113. The van der Waals surface area contributed by atoms with Gasteiger partial charge in [0.1, 0.15) is 0 Å². The van der Waals surface area contributed by atoms with Crippen molar-refractivity contribution >= 4 is 14.3 Å². The van der Waals surface area contributed by atoms with Crippen molar-refractivity contribution in [1.29, 1.82) is 0 Å². The van der Waals surface area contributed by atoms with Gasteiger partial charge in [-0.05, 0) is 0 Å². The molecule has 1 aliphatic rings. The molecule has 1 saturated carbocycles. The molecule has 1 aliphatic carbocycles. The molecule has 0 heterocycles. The Morgan fingerprint density at radius 3 is 1.57 bits per heavy atom. The maximum absolute atomic E-state index is 2.43. The summed E-state index contributed by atoms with van der Waals surface area (Å²) in [7, 11) is 4.67. The van der Waals surface area contributed by atoms with E-state index >= 15 is 0 Å². The van der Waals surface area contributed by atoms with Crippen molar-refractivity contribution in [3.05, 3.63) is 0 Å². The van der Waals surface area contributed by atoms with Gasteiger partial charge in [0.05, 0.1) is 14.3 Å². The summed E-state index contributed by atoms with van der Waals surface area (Å²) in [6, 6.07) is 0. The van der Waals surface area contributed by atoms with E-state index < -0.39 is 0 Å². The van der Waals surface area contributed by atoms with Crippen molar-refractivity contribution in [1.82, 2.24) is 0 Å². The molecule has 0 unspecified atom stereocenters. The minimum atomic E-state index is 0.887. The molecule has 0 saturated heterocycles. The number of hydrogen-bond donors (Lipinski definition) is 0. The van der Waals surface area contributed by atoms with Gasteiger partial charge in [-0.25, -0.2) is 0 Å². The minimum absolute atomic E-state index is 0.887.